The summed E-state index contributed by atoms with van der Waals surface area (Å²) in [4.78, 5) is 0.0692. The summed E-state index contributed by atoms with van der Waals surface area (Å²) in [6.45, 7) is 6.52. The molecule has 0 fully saturated rings. The van der Waals surface area contributed by atoms with Gasteiger partial charge in [0.25, 0.3) is 0 Å². The van der Waals surface area contributed by atoms with Crippen LogP contribution in [-0.4, -0.2) is 13.5 Å². The molecule has 2 aromatic rings. The predicted molar refractivity (Wildman–Crippen MR) is 115 cm³/mol. The zero-order valence-electron chi connectivity index (χ0n) is 15.9. The quantitative estimate of drug-likeness (QED) is 0.599. The number of sulfonamides is 1. The van der Waals surface area contributed by atoms with E-state index in [2.05, 4.69) is 55.7 Å². The SMILES string of the molecule is CCC(C)c1ccc(C(CC)NC(=S)Nc2ccc(S(N)(=O)=O)cc2)cc1. The molecule has 0 aromatic heterocycles. The van der Waals surface area contributed by atoms with Gasteiger partial charge in [-0.15, -0.1) is 0 Å². The highest BCUT2D eigenvalue weighted by Crippen LogP contribution is 2.23. The topological polar surface area (TPSA) is 84.2 Å². The Balaban J connectivity index is 2.02. The molecule has 0 saturated heterocycles. The van der Waals surface area contributed by atoms with Crippen LogP contribution in [-0.2, 0) is 10.0 Å². The van der Waals surface area contributed by atoms with Crippen LogP contribution in [0.3, 0.4) is 0 Å². The molecular weight excluding hydrogens is 378 g/mol. The normalized spacial score (nSPS) is 13.6. The maximum Gasteiger partial charge on any atom is 0.238 e. The van der Waals surface area contributed by atoms with Crippen molar-refractivity contribution in [3.05, 3.63) is 59.7 Å². The van der Waals surface area contributed by atoms with Crippen molar-refractivity contribution in [3.63, 3.8) is 0 Å². The van der Waals surface area contributed by atoms with Crippen LogP contribution < -0.4 is 15.8 Å². The minimum absolute atomic E-state index is 0.0692. The molecule has 2 rings (SSSR count). The zero-order chi connectivity index (χ0) is 20.0. The number of anilines is 1. The Morgan fingerprint density at radius 1 is 1.00 bits per heavy atom. The van der Waals surface area contributed by atoms with Crippen molar-refractivity contribution in [1.82, 2.24) is 5.32 Å². The molecule has 2 unspecified atom stereocenters. The van der Waals surface area contributed by atoms with Gasteiger partial charge in [0.1, 0.15) is 0 Å². The number of nitrogens with one attached hydrogen (secondary N) is 2. The van der Waals surface area contributed by atoms with Crippen molar-refractivity contribution in [2.45, 2.75) is 50.5 Å². The Kier molecular flexibility index (Phi) is 7.35. The van der Waals surface area contributed by atoms with E-state index in [0.29, 0.717) is 16.7 Å². The molecule has 0 heterocycles. The predicted octanol–water partition coefficient (Wildman–Crippen LogP) is 4.29. The summed E-state index contributed by atoms with van der Waals surface area (Å²) in [5.41, 5.74) is 3.21. The molecule has 4 N–H and O–H groups in total. The first-order valence-electron chi connectivity index (χ1n) is 9.04. The Hall–Kier alpha value is -1.96. The molecule has 2 atom stereocenters. The summed E-state index contributed by atoms with van der Waals surface area (Å²) < 4.78 is 22.6. The molecule has 0 aliphatic carbocycles. The van der Waals surface area contributed by atoms with Gasteiger partial charge in [-0.1, -0.05) is 45.0 Å². The first-order chi connectivity index (χ1) is 12.7. The third-order valence-electron chi connectivity index (χ3n) is 4.67. The smallest absolute Gasteiger partial charge is 0.238 e. The monoisotopic (exact) mass is 405 g/mol. The lowest BCUT2D eigenvalue weighted by atomic mass is 9.95. The molecule has 146 valence electrons. The molecular formula is C20H27N3O2S2. The van der Waals surface area contributed by atoms with Crippen molar-refractivity contribution in [3.8, 4) is 0 Å². The second kappa shape index (κ2) is 9.30. The first kappa shape index (κ1) is 21.3. The summed E-state index contributed by atoms with van der Waals surface area (Å²) in [6, 6.07) is 14.9. The number of hydrogen-bond donors (Lipinski definition) is 3. The van der Waals surface area contributed by atoms with Gasteiger partial charge in [0.15, 0.2) is 5.11 Å². The van der Waals surface area contributed by atoms with Gasteiger partial charge in [0, 0.05) is 5.69 Å². The summed E-state index contributed by atoms with van der Waals surface area (Å²) in [5.74, 6) is 0.551. The summed E-state index contributed by atoms with van der Waals surface area (Å²) >= 11 is 5.41. The summed E-state index contributed by atoms with van der Waals surface area (Å²) in [5, 5.41) is 12.0. The third kappa shape index (κ3) is 6.02. The average Bonchev–Trinajstić information content (AvgIpc) is 2.65. The van der Waals surface area contributed by atoms with Gasteiger partial charge in [-0.25, -0.2) is 13.6 Å². The fourth-order valence-electron chi connectivity index (χ4n) is 2.77. The molecule has 0 saturated carbocycles. The highest BCUT2D eigenvalue weighted by atomic mass is 32.2. The van der Waals surface area contributed by atoms with E-state index in [0.717, 1.165) is 12.8 Å². The van der Waals surface area contributed by atoms with Crippen molar-refractivity contribution in [1.29, 1.82) is 0 Å². The van der Waals surface area contributed by atoms with Gasteiger partial charge in [-0.05, 0) is 66.4 Å². The van der Waals surface area contributed by atoms with Crippen LogP contribution in [0, 0.1) is 0 Å². The number of nitrogens with two attached hydrogens (primary N) is 1. The molecule has 0 aliphatic rings. The summed E-state index contributed by atoms with van der Waals surface area (Å²) in [7, 11) is -3.70. The van der Waals surface area contributed by atoms with E-state index in [-0.39, 0.29) is 10.9 Å². The molecule has 0 radical (unpaired) electrons. The third-order valence-corrected chi connectivity index (χ3v) is 5.82. The molecule has 27 heavy (non-hydrogen) atoms. The first-order valence-corrected chi connectivity index (χ1v) is 11.0. The minimum atomic E-state index is -3.70. The largest absolute Gasteiger partial charge is 0.356 e. The zero-order valence-corrected chi connectivity index (χ0v) is 17.5. The van der Waals surface area contributed by atoms with E-state index >= 15 is 0 Å². The van der Waals surface area contributed by atoms with Gasteiger partial charge in [0.2, 0.25) is 10.0 Å². The fourth-order valence-corrected chi connectivity index (χ4v) is 3.54. The van der Waals surface area contributed by atoms with Crippen LogP contribution >= 0.6 is 12.2 Å². The molecule has 0 spiro atoms. The summed E-state index contributed by atoms with van der Waals surface area (Å²) in [6.07, 6.45) is 2.00. The number of primary sulfonamides is 1. The van der Waals surface area contributed by atoms with E-state index in [1.807, 2.05) is 0 Å². The van der Waals surface area contributed by atoms with Crippen molar-refractivity contribution >= 4 is 33.0 Å². The molecule has 0 amide bonds. The van der Waals surface area contributed by atoms with Crippen LogP contribution in [0.15, 0.2) is 53.4 Å². The maximum atomic E-state index is 11.3. The number of thiocarbonyl (C=S) groups is 1. The van der Waals surface area contributed by atoms with Crippen molar-refractivity contribution < 1.29 is 8.42 Å². The van der Waals surface area contributed by atoms with E-state index in [1.54, 1.807) is 12.1 Å². The Labute approximate surface area is 167 Å². The van der Waals surface area contributed by atoms with Gasteiger partial charge >= 0.3 is 0 Å². The van der Waals surface area contributed by atoms with Gasteiger partial charge in [-0.2, -0.15) is 0 Å². The number of hydrogen-bond acceptors (Lipinski definition) is 3. The van der Waals surface area contributed by atoms with Crippen LogP contribution in [0.4, 0.5) is 5.69 Å². The standard InChI is InChI=1S/C20H27N3O2S2/c1-4-14(3)15-6-8-16(9-7-15)19(5-2)23-20(26)22-17-10-12-18(13-11-17)27(21,24)25/h6-14,19H,4-5H2,1-3H3,(H2,21,24,25)(H2,22,23,26). The second-order valence-corrected chi connectivity index (χ2v) is 8.57. The molecule has 0 bridgehead atoms. The fraction of sp³-hybridized carbons (Fsp3) is 0.350. The minimum Gasteiger partial charge on any atom is -0.356 e. The highest BCUT2D eigenvalue weighted by Gasteiger charge is 2.12. The van der Waals surface area contributed by atoms with E-state index < -0.39 is 10.0 Å². The van der Waals surface area contributed by atoms with Gasteiger partial charge in [-0.3, -0.25) is 0 Å². The Bertz CT molecular complexity index is 863. The van der Waals surface area contributed by atoms with Crippen LogP contribution in [0.25, 0.3) is 0 Å². The van der Waals surface area contributed by atoms with Gasteiger partial charge in [0.05, 0.1) is 10.9 Å². The van der Waals surface area contributed by atoms with E-state index in [9.17, 15) is 8.42 Å². The molecule has 2 aromatic carbocycles. The van der Waals surface area contributed by atoms with Crippen LogP contribution in [0.1, 0.15) is 56.7 Å². The number of benzene rings is 2. The number of rotatable bonds is 7. The van der Waals surface area contributed by atoms with Crippen LogP contribution in [0.2, 0.25) is 0 Å². The molecule has 7 heteroatoms. The van der Waals surface area contributed by atoms with Crippen molar-refractivity contribution in [2.24, 2.45) is 5.14 Å². The van der Waals surface area contributed by atoms with E-state index in [4.69, 9.17) is 17.4 Å². The van der Waals surface area contributed by atoms with Crippen molar-refractivity contribution in [2.75, 3.05) is 5.32 Å². The highest BCUT2D eigenvalue weighted by molar-refractivity contribution is 7.89. The lowest BCUT2D eigenvalue weighted by Gasteiger charge is -2.21. The van der Waals surface area contributed by atoms with E-state index in [1.165, 1.54) is 23.3 Å². The van der Waals surface area contributed by atoms with Crippen LogP contribution in [0.5, 0.6) is 0 Å². The maximum absolute atomic E-state index is 11.3. The molecule has 5 nitrogen and oxygen atoms in total. The Morgan fingerprint density at radius 3 is 2.04 bits per heavy atom. The second-order valence-electron chi connectivity index (χ2n) is 6.60. The average molecular weight is 406 g/mol. The molecule has 0 aliphatic heterocycles. The lowest BCUT2D eigenvalue weighted by molar-refractivity contribution is 0.598. The van der Waals surface area contributed by atoms with Gasteiger partial charge < -0.3 is 10.6 Å². The Morgan fingerprint density at radius 2 is 1.56 bits per heavy atom. The lowest BCUT2D eigenvalue weighted by Crippen LogP contribution is -2.32.